The molecule has 1 aromatic carbocycles. The van der Waals surface area contributed by atoms with Crippen LogP contribution in [0.25, 0.3) is 0 Å². The number of aliphatic hydroxyl groups is 1. The lowest BCUT2D eigenvalue weighted by molar-refractivity contribution is 0.152. The number of nitrogens with one attached hydrogen (secondary N) is 1. The molecule has 0 bridgehead atoms. The first-order valence-electron chi connectivity index (χ1n) is 5.95. The number of sulfonamides is 1. The SMILES string of the molecule is CC(C)CC(O)CNS(=O)(=O)c1ccc(N)c(Br)c1. The summed E-state index contributed by atoms with van der Waals surface area (Å²) in [6.07, 6.45) is -0.138. The Morgan fingerprint density at radius 3 is 2.58 bits per heavy atom. The molecular weight excluding hydrogens is 332 g/mol. The number of aliphatic hydroxyl groups excluding tert-OH is 1. The van der Waals surface area contributed by atoms with Crippen LogP contribution in [0.15, 0.2) is 27.6 Å². The van der Waals surface area contributed by atoms with Crippen molar-refractivity contribution in [3.05, 3.63) is 22.7 Å². The molecule has 1 rings (SSSR count). The van der Waals surface area contributed by atoms with Crippen molar-refractivity contribution < 1.29 is 13.5 Å². The first-order chi connectivity index (χ1) is 8.72. The highest BCUT2D eigenvalue weighted by molar-refractivity contribution is 9.10. The fourth-order valence-electron chi connectivity index (χ4n) is 1.59. The van der Waals surface area contributed by atoms with Crippen LogP contribution >= 0.6 is 15.9 Å². The molecule has 0 aliphatic carbocycles. The number of nitrogens with two attached hydrogens (primary N) is 1. The summed E-state index contributed by atoms with van der Waals surface area (Å²) in [5, 5.41) is 9.67. The van der Waals surface area contributed by atoms with Gasteiger partial charge in [0.15, 0.2) is 0 Å². The van der Waals surface area contributed by atoms with E-state index in [0.29, 0.717) is 22.5 Å². The van der Waals surface area contributed by atoms with Crippen molar-refractivity contribution in [3.63, 3.8) is 0 Å². The Bertz CT molecular complexity index is 532. The Kier molecular flexibility index (Phi) is 5.79. The summed E-state index contributed by atoms with van der Waals surface area (Å²) in [5.41, 5.74) is 6.08. The molecule has 5 nitrogen and oxygen atoms in total. The van der Waals surface area contributed by atoms with E-state index in [9.17, 15) is 13.5 Å². The quantitative estimate of drug-likeness (QED) is 0.681. The Balaban J connectivity index is 2.73. The molecule has 0 fully saturated rings. The number of benzene rings is 1. The van der Waals surface area contributed by atoms with E-state index < -0.39 is 16.1 Å². The van der Waals surface area contributed by atoms with E-state index in [4.69, 9.17) is 5.73 Å². The topological polar surface area (TPSA) is 92.4 Å². The van der Waals surface area contributed by atoms with Gasteiger partial charge in [-0.15, -0.1) is 0 Å². The van der Waals surface area contributed by atoms with Crippen LogP contribution in [-0.4, -0.2) is 26.2 Å². The number of hydrogen-bond donors (Lipinski definition) is 3. The normalized spacial score (nSPS) is 13.7. The van der Waals surface area contributed by atoms with Gasteiger partial charge in [0.05, 0.1) is 11.0 Å². The van der Waals surface area contributed by atoms with Crippen molar-refractivity contribution in [1.82, 2.24) is 4.72 Å². The van der Waals surface area contributed by atoms with Crippen LogP contribution in [0.2, 0.25) is 0 Å². The van der Waals surface area contributed by atoms with Gasteiger partial charge < -0.3 is 10.8 Å². The molecule has 19 heavy (non-hydrogen) atoms. The van der Waals surface area contributed by atoms with Gasteiger partial charge in [0.25, 0.3) is 0 Å². The maximum Gasteiger partial charge on any atom is 0.240 e. The Morgan fingerprint density at radius 2 is 2.05 bits per heavy atom. The summed E-state index contributed by atoms with van der Waals surface area (Å²) in [4.78, 5) is 0.116. The van der Waals surface area contributed by atoms with Crippen molar-refractivity contribution in [2.24, 2.45) is 5.92 Å². The van der Waals surface area contributed by atoms with Crippen molar-refractivity contribution in [2.45, 2.75) is 31.3 Å². The minimum absolute atomic E-state index is 0.00249. The molecule has 0 radical (unpaired) electrons. The van der Waals surface area contributed by atoms with E-state index in [1.54, 1.807) is 0 Å². The Hall–Kier alpha value is -0.630. The van der Waals surface area contributed by atoms with Crippen LogP contribution in [0.5, 0.6) is 0 Å². The van der Waals surface area contributed by atoms with Gasteiger partial charge in [-0.1, -0.05) is 13.8 Å². The van der Waals surface area contributed by atoms with Gasteiger partial charge >= 0.3 is 0 Å². The molecule has 0 aliphatic heterocycles. The van der Waals surface area contributed by atoms with Gasteiger partial charge in [0.1, 0.15) is 0 Å². The predicted octanol–water partition coefficient (Wildman–Crippen LogP) is 1.72. The fourth-order valence-corrected chi connectivity index (χ4v) is 3.22. The van der Waals surface area contributed by atoms with Crippen LogP contribution in [-0.2, 0) is 10.0 Å². The monoisotopic (exact) mass is 350 g/mol. The lowest BCUT2D eigenvalue weighted by Gasteiger charge is -2.14. The molecule has 0 spiro atoms. The van der Waals surface area contributed by atoms with Gasteiger partial charge in [0, 0.05) is 16.7 Å². The second-order valence-electron chi connectivity index (χ2n) is 4.82. The van der Waals surface area contributed by atoms with E-state index >= 15 is 0 Å². The van der Waals surface area contributed by atoms with Gasteiger partial charge in [-0.05, 0) is 46.5 Å². The van der Waals surface area contributed by atoms with Crippen molar-refractivity contribution in [3.8, 4) is 0 Å². The van der Waals surface area contributed by atoms with Crippen molar-refractivity contribution >= 4 is 31.6 Å². The Labute approximate surface area is 122 Å². The number of hydrogen-bond acceptors (Lipinski definition) is 4. The lowest BCUT2D eigenvalue weighted by atomic mass is 10.1. The Morgan fingerprint density at radius 1 is 1.42 bits per heavy atom. The molecular formula is C12H19BrN2O3S. The third kappa shape index (κ3) is 5.10. The van der Waals surface area contributed by atoms with Crippen LogP contribution < -0.4 is 10.5 Å². The van der Waals surface area contributed by atoms with E-state index in [2.05, 4.69) is 20.7 Å². The molecule has 7 heteroatoms. The molecule has 0 heterocycles. The number of halogens is 1. The van der Waals surface area contributed by atoms with Crippen LogP contribution in [0.1, 0.15) is 20.3 Å². The molecule has 0 aliphatic rings. The summed E-state index contributed by atoms with van der Waals surface area (Å²) in [7, 11) is -3.63. The molecule has 0 saturated heterocycles. The summed E-state index contributed by atoms with van der Waals surface area (Å²) >= 11 is 3.18. The van der Waals surface area contributed by atoms with Gasteiger partial charge in [0.2, 0.25) is 10.0 Å². The summed E-state index contributed by atoms with van der Waals surface area (Å²) in [5.74, 6) is 0.310. The zero-order chi connectivity index (χ0) is 14.6. The molecule has 0 amide bonds. The van der Waals surface area contributed by atoms with Crippen LogP contribution in [0.3, 0.4) is 0 Å². The zero-order valence-corrected chi connectivity index (χ0v) is 13.3. The van der Waals surface area contributed by atoms with Crippen LogP contribution in [0.4, 0.5) is 5.69 Å². The minimum Gasteiger partial charge on any atom is -0.398 e. The average molecular weight is 351 g/mol. The summed E-state index contributed by atoms with van der Waals surface area (Å²) in [6, 6.07) is 4.38. The first kappa shape index (κ1) is 16.4. The maximum absolute atomic E-state index is 12.0. The second kappa shape index (κ2) is 6.69. The van der Waals surface area contributed by atoms with E-state index in [1.807, 2.05) is 13.8 Å². The minimum atomic E-state index is -3.63. The number of rotatable bonds is 6. The van der Waals surface area contributed by atoms with Crippen molar-refractivity contribution in [2.75, 3.05) is 12.3 Å². The highest BCUT2D eigenvalue weighted by atomic mass is 79.9. The molecule has 108 valence electrons. The lowest BCUT2D eigenvalue weighted by Crippen LogP contribution is -2.32. The van der Waals surface area contributed by atoms with E-state index in [-0.39, 0.29) is 11.4 Å². The first-order valence-corrected chi connectivity index (χ1v) is 8.22. The highest BCUT2D eigenvalue weighted by Gasteiger charge is 2.17. The van der Waals surface area contributed by atoms with Gasteiger partial charge in [-0.2, -0.15) is 0 Å². The third-order valence-electron chi connectivity index (χ3n) is 2.53. The van der Waals surface area contributed by atoms with Crippen LogP contribution in [0, 0.1) is 5.92 Å². The molecule has 4 N–H and O–H groups in total. The highest BCUT2D eigenvalue weighted by Crippen LogP contribution is 2.22. The molecule has 0 aromatic heterocycles. The van der Waals surface area contributed by atoms with E-state index in [1.165, 1.54) is 18.2 Å². The average Bonchev–Trinajstić information content (AvgIpc) is 2.29. The fraction of sp³-hybridized carbons (Fsp3) is 0.500. The maximum atomic E-state index is 12.0. The standard InChI is InChI=1S/C12H19BrN2O3S/c1-8(2)5-9(16)7-15-19(17,18)10-3-4-12(14)11(13)6-10/h3-4,6,8-9,15-16H,5,7,14H2,1-2H3. The van der Waals surface area contributed by atoms with Gasteiger partial charge in [-0.3, -0.25) is 0 Å². The summed E-state index contributed by atoms with van der Waals surface area (Å²) in [6.45, 7) is 3.94. The number of nitrogen functional groups attached to an aromatic ring is 1. The zero-order valence-electron chi connectivity index (χ0n) is 10.9. The molecule has 0 saturated carbocycles. The summed E-state index contributed by atoms with van der Waals surface area (Å²) < 4.78 is 26.9. The second-order valence-corrected chi connectivity index (χ2v) is 7.44. The molecule has 1 unspecified atom stereocenters. The predicted molar refractivity (Wildman–Crippen MR) is 79.2 cm³/mol. The number of anilines is 1. The van der Waals surface area contributed by atoms with Crippen molar-refractivity contribution in [1.29, 1.82) is 0 Å². The van der Waals surface area contributed by atoms with Gasteiger partial charge in [-0.25, -0.2) is 13.1 Å². The molecule has 1 aromatic rings. The molecule has 1 atom stereocenters. The smallest absolute Gasteiger partial charge is 0.240 e. The van der Waals surface area contributed by atoms with E-state index in [0.717, 1.165) is 0 Å². The largest absolute Gasteiger partial charge is 0.398 e. The third-order valence-corrected chi connectivity index (χ3v) is 4.64.